The zero-order valence-corrected chi connectivity index (χ0v) is 13.5. The molecule has 1 heterocycles. The maximum Gasteiger partial charge on any atom is 0.0345 e. The summed E-state index contributed by atoms with van der Waals surface area (Å²) in [5.74, 6) is 0.351. The number of rotatable bonds is 4. The van der Waals surface area contributed by atoms with Gasteiger partial charge in [-0.1, -0.05) is 52.3 Å². The highest BCUT2D eigenvalue weighted by atomic mass is 79.9. The van der Waals surface area contributed by atoms with Crippen LogP contribution in [-0.2, 0) is 6.42 Å². The van der Waals surface area contributed by atoms with Crippen molar-refractivity contribution in [2.75, 3.05) is 6.54 Å². The van der Waals surface area contributed by atoms with Crippen LogP contribution in [0.25, 0.3) is 10.1 Å². The molecule has 2 aromatic carbocycles. The van der Waals surface area contributed by atoms with Gasteiger partial charge in [-0.3, -0.25) is 0 Å². The van der Waals surface area contributed by atoms with Crippen molar-refractivity contribution in [3.8, 4) is 0 Å². The van der Waals surface area contributed by atoms with E-state index in [0.29, 0.717) is 12.5 Å². The monoisotopic (exact) mass is 345 g/mol. The van der Waals surface area contributed by atoms with Gasteiger partial charge in [0.15, 0.2) is 0 Å². The number of benzene rings is 2. The van der Waals surface area contributed by atoms with Crippen molar-refractivity contribution in [1.29, 1.82) is 0 Å². The summed E-state index contributed by atoms with van der Waals surface area (Å²) in [7, 11) is 0. The molecule has 0 saturated carbocycles. The first-order valence-electron chi connectivity index (χ1n) is 6.69. The Morgan fingerprint density at radius 2 is 1.80 bits per heavy atom. The largest absolute Gasteiger partial charge is 0.330 e. The van der Waals surface area contributed by atoms with Crippen molar-refractivity contribution in [2.45, 2.75) is 12.3 Å². The number of halogens is 1. The van der Waals surface area contributed by atoms with Crippen LogP contribution >= 0.6 is 27.3 Å². The van der Waals surface area contributed by atoms with E-state index < -0.39 is 0 Å². The Hall–Kier alpha value is -1.16. The average Bonchev–Trinajstić information content (AvgIpc) is 2.89. The molecule has 2 N–H and O–H groups in total. The summed E-state index contributed by atoms with van der Waals surface area (Å²) in [6.45, 7) is 0.660. The highest BCUT2D eigenvalue weighted by molar-refractivity contribution is 9.10. The minimum atomic E-state index is 0.351. The Morgan fingerprint density at radius 1 is 1.05 bits per heavy atom. The van der Waals surface area contributed by atoms with Gasteiger partial charge in [0.2, 0.25) is 0 Å². The van der Waals surface area contributed by atoms with Crippen molar-refractivity contribution < 1.29 is 0 Å². The van der Waals surface area contributed by atoms with Gasteiger partial charge in [0.25, 0.3) is 0 Å². The first-order valence-corrected chi connectivity index (χ1v) is 8.36. The maximum atomic E-state index is 6.02. The van der Waals surface area contributed by atoms with Gasteiger partial charge in [-0.2, -0.15) is 0 Å². The van der Waals surface area contributed by atoms with E-state index in [1.54, 1.807) is 0 Å². The van der Waals surface area contributed by atoms with Crippen molar-refractivity contribution in [2.24, 2.45) is 5.73 Å². The molecule has 1 unspecified atom stereocenters. The lowest BCUT2D eigenvalue weighted by atomic mass is 9.92. The molecule has 1 atom stereocenters. The van der Waals surface area contributed by atoms with Gasteiger partial charge in [-0.25, -0.2) is 0 Å². The molecule has 0 fully saturated rings. The molecule has 20 heavy (non-hydrogen) atoms. The van der Waals surface area contributed by atoms with Crippen LogP contribution in [0.15, 0.2) is 58.4 Å². The molecule has 1 nitrogen and oxygen atoms in total. The van der Waals surface area contributed by atoms with Gasteiger partial charge >= 0.3 is 0 Å². The molecule has 0 spiro atoms. The Morgan fingerprint density at radius 3 is 2.60 bits per heavy atom. The lowest BCUT2D eigenvalue weighted by Gasteiger charge is -2.16. The second-order valence-electron chi connectivity index (χ2n) is 4.92. The zero-order chi connectivity index (χ0) is 13.9. The van der Waals surface area contributed by atoms with Crippen LogP contribution in [0, 0.1) is 0 Å². The van der Waals surface area contributed by atoms with E-state index in [1.165, 1.54) is 21.2 Å². The first-order chi connectivity index (χ1) is 9.79. The quantitative estimate of drug-likeness (QED) is 0.711. The zero-order valence-electron chi connectivity index (χ0n) is 11.1. The number of hydrogen-bond donors (Lipinski definition) is 1. The fourth-order valence-corrected chi connectivity index (χ4v) is 4.17. The van der Waals surface area contributed by atoms with Gasteiger partial charge in [0.05, 0.1) is 0 Å². The van der Waals surface area contributed by atoms with Gasteiger partial charge in [-0.15, -0.1) is 11.3 Å². The third kappa shape index (κ3) is 2.66. The first kappa shape index (κ1) is 13.8. The van der Waals surface area contributed by atoms with Crippen molar-refractivity contribution in [3.63, 3.8) is 0 Å². The molecule has 0 bridgehead atoms. The Kier molecular flexibility index (Phi) is 4.20. The highest BCUT2D eigenvalue weighted by Crippen LogP contribution is 2.32. The summed E-state index contributed by atoms with van der Waals surface area (Å²) in [5.41, 5.74) is 8.71. The van der Waals surface area contributed by atoms with Gasteiger partial charge in [-0.05, 0) is 47.0 Å². The number of fused-ring (bicyclic) bond motifs is 1. The molecule has 0 aliphatic rings. The predicted molar refractivity (Wildman–Crippen MR) is 91.5 cm³/mol. The second kappa shape index (κ2) is 6.08. The smallest absolute Gasteiger partial charge is 0.0345 e. The van der Waals surface area contributed by atoms with Crippen LogP contribution in [0.2, 0.25) is 0 Å². The van der Waals surface area contributed by atoms with Crippen LogP contribution in [0.3, 0.4) is 0 Å². The third-order valence-corrected chi connectivity index (χ3v) is 5.39. The summed E-state index contributed by atoms with van der Waals surface area (Å²) in [4.78, 5) is 0. The molecule has 3 aromatic rings. The lowest BCUT2D eigenvalue weighted by Crippen LogP contribution is -2.15. The van der Waals surface area contributed by atoms with Gasteiger partial charge < -0.3 is 5.73 Å². The van der Waals surface area contributed by atoms with Crippen LogP contribution < -0.4 is 5.73 Å². The van der Waals surface area contributed by atoms with E-state index in [9.17, 15) is 0 Å². The molecule has 0 amide bonds. The van der Waals surface area contributed by atoms with Crippen molar-refractivity contribution in [1.82, 2.24) is 0 Å². The molecule has 1 aromatic heterocycles. The summed E-state index contributed by atoms with van der Waals surface area (Å²) in [6, 6.07) is 17.0. The number of hydrogen-bond acceptors (Lipinski definition) is 2. The molecule has 3 heteroatoms. The molecular weight excluding hydrogens is 330 g/mol. The van der Waals surface area contributed by atoms with E-state index in [4.69, 9.17) is 5.73 Å². The maximum absolute atomic E-state index is 6.02. The van der Waals surface area contributed by atoms with Gasteiger partial charge in [0.1, 0.15) is 0 Å². The van der Waals surface area contributed by atoms with E-state index in [1.807, 2.05) is 17.4 Å². The highest BCUT2D eigenvalue weighted by Gasteiger charge is 2.15. The fraction of sp³-hybridized carbons (Fsp3) is 0.176. The molecule has 0 saturated heterocycles. The number of thiophene rings is 1. The predicted octanol–water partition coefficient (Wildman–Crippen LogP) is 4.95. The summed E-state index contributed by atoms with van der Waals surface area (Å²) in [5, 5.41) is 3.63. The molecule has 0 radical (unpaired) electrons. The summed E-state index contributed by atoms with van der Waals surface area (Å²) in [6.07, 6.45) is 0.989. The van der Waals surface area contributed by atoms with E-state index in [-0.39, 0.29) is 0 Å². The number of nitrogens with two attached hydrogens (primary N) is 1. The third-order valence-electron chi connectivity index (χ3n) is 3.66. The summed E-state index contributed by atoms with van der Waals surface area (Å²) < 4.78 is 2.50. The Labute approximate surface area is 131 Å². The van der Waals surface area contributed by atoms with Crippen LogP contribution in [0.5, 0.6) is 0 Å². The van der Waals surface area contributed by atoms with Crippen molar-refractivity contribution in [3.05, 3.63) is 69.5 Å². The normalized spacial score (nSPS) is 12.7. The fourth-order valence-electron chi connectivity index (χ4n) is 2.58. The van der Waals surface area contributed by atoms with Gasteiger partial charge in [0, 0.05) is 15.1 Å². The van der Waals surface area contributed by atoms with Crippen LogP contribution in [-0.4, -0.2) is 6.54 Å². The van der Waals surface area contributed by atoms with Crippen LogP contribution in [0.4, 0.5) is 0 Å². The molecule has 3 rings (SSSR count). The molecular formula is C17H16BrNS. The minimum Gasteiger partial charge on any atom is -0.330 e. The van der Waals surface area contributed by atoms with E-state index in [0.717, 1.165) is 10.9 Å². The van der Waals surface area contributed by atoms with Crippen molar-refractivity contribution >= 4 is 37.4 Å². The standard InChI is InChI=1S/C17H16BrNS/c18-16-7-3-1-5-14(16)12(10-19)9-13-11-20-17-8-4-2-6-15(13)17/h1-8,11-12H,9-10,19H2. The van der Waals surface area contributed by atoms with Crippen LogP contribution in [0.1, 0.15) is 17.0 Å². The minimum absolute atomic E-state index is 0.351. The lowest BCUT2D eigenvalue weighted by molar-refractivity contribution is 0.695. The molecule has 0 aliphatic heterocycles. The Bertz CT molecular complexity index is 720. The van der Waals surface area contributed by atoms with E-state index >= 15 is 0 Å². The second-order valence-corrected chi connectivity index (χ2v) is 6.68. The molecule has 0 aliphatic carbocycles. The summed E-state index contributed by atoms with van der Waals surface area (Å²) >= 11 is 5.45. The molecule has 102 valence electrons. The average molecular weight is 346 g/mol. The topological polar surface area (TPSA) is 26.0 Å². The van der Waals surface area contributed by atoms with E-state index in [2.05, 4.69) is 63.8 Å². The SMILES string of the molecule is NCC(Cc1csc2ccccc12)c1ccccc1Br. The Balaban J connectivity index is 1.94.